The van der Waals surface area contributed by atoms with Crippen LogP contribution in [-0.4, -0.2) is 23.3 Å². The van der Waals surface area contributed by atoms with Crippen molar-refractivity contribution in [1.82, 2.24) is 5.32 Å². The molecule has 6 heteroatoms. The Kier molecular flexibility index (Phi) is 4.93. The first-order valence-corrected chi connectivity index (χ1v) is 5.93. The third kappa shape index (κ3) is 3.85. The number of amides is 2. The number of anilines is 1. The Balaban J connectivity index is 2.67. The van der Waals surface area contributed by atoms with Crippen molar-refractivity contribution in [2.24, 2.45) is 0 Å². The molecule has 1 atom stereocenters. The fourth-order valence-corrected chi connectivity index (χ4v) is 1.43. The van der Waals surface area contributed by atoms with Gasteiger partial charge in [0.1, 0.15) is 5.82 Å². The maximum atomic E-state index is 12.9. The normalized spacial score (nSPS) is 13.8. The predicted molar refractivity (Wildman–Crippen MR) is 69.3 cm³/mol. The highest BCUT2D eigenvalue weighted by molar-refractivity contribution is 6.31. The molecule has 0 aliphatic heterocycles. The molecule has 0 saturated carbocycles. The average molecular weight is 275 g/mol. The smallest absolute Gasteiger partial charge is 0.319 e. The highest BCUT2D eigenvalue weighted by Gasteiger charge is 2.23. The van der Waals surface area contributed by atoms with Crippen molar-refractivity contribution in [2.75, 3.05) is 11.9 Å². The summed E-state index contributed by atoms with van der Waals surface area (Å²) in [5.41, 5.74) is -0.302. The zero-order valence-electron chi connectivity index (χ0n) is 10.3. The van der Waals surface area contributed by atoms with E-state index < -0.39 is 17.4 Å². The molecule has 1 unspecified atom stereocenters. The van der Waals surface area contributed by atoms with Crippen molar-refractivity contribution in [3.05, 3.63) is 29.0 Å². The summed E-state index contributed by atoms with van der Waals surface area (Å²) in [6, 6.07) is 3.42. The summed E-state index contributed by atoms with van der Waals surface area (Å²) >= 11 is 5.60. The molecule has 0 aliphatic rings. The first-order chi connectivity index (χ1) is 8.40. The summed E-state index contributed by atoms with van der Waals surface area (Å²) in [5, 5.41) is 14.3. The molecule has 100 valence electrons. The van der Waals surface area contributed by atoms with Crippen LogP contribution < -0.4 is 10.6 Å². The van der Waals surface area contributed by atoms with E-state index >= 15 is 0 Å². The molecule has 0 spiro atoms. The van der Waals surface area contributed by atoms with E-state index in [4.69, 9.17) is 16.7 Å². The van der Waals surface area contributed by atoms with Gasteiger partial charge < -0.3 is 15.7 Å². The lowest BCUT2D eigenvalue weighted by Crippen LogP contribution is -2.50. The summed E-state index contributed by atoms with van der Waals surface area (Å²) in [5.74, 6) is -0.545. The lowest BCUT2D eigenvalue weighted by Gasteiger charge is -2.27. The lowest BCUT2D eigenvalue weighted by molar-refractivity contribution is 0.172. The first kappa shape index (κ1) is 14.7. The van der Waals surface area contributed by atoms with Gasteiger partial charge in [-0.3, -0.25) is 0 Å². The van der Waals surface area contributed by atoms with Crippen LogP contribution in [0.2, 0.25) is 5.02 Å². The first-order valence-electron chi connectivity index (χ1n) is 5.55. The van der Waals surface area contributed by atoms with Crippen LogP contribution in [-0.2, 0) is 0 Å². The molecule has 3 N–H and O–H groups in total. The maximum absolute atomic E-state index is 12.9. The molecule has 0 radical (unpaired) electrons. The van der Waals surface area contributed by atoms with Gasteiger partial charge in [0.25, 0.3) is 0 Å². The number of hydrogen-bond acceptors (Lipinski definition) is 2. The van der Waals surface area contributed by atoms with Crippen molar-refractivity contribution in [3.63, 3.8) is 0 Å². The number of urea groups is 1. The third-order valence-corrected chi connectivity index (χ3v) is 3.01. The maximum Gasteiger partial charge on any atom is 0.319 e. The molecule has 1 aromatic rings. The molecule has 18 heavy (non-hydrogen) atoms. The van der Waals surface area contributed by atoms with Gasteiger partial charge in [0.2, 0.25) is 0 Å². The molecule has 0 saturated heterocycles. The highest BCUT2D eigenvalue weighted by atomic mass is 35.5. The number of carbonyl (C=O) groups is 1. The lowest BCUT2D eigenvalue weighted by atomic mass is 10.0. The van der Waals surface area contributed by atoms with E-state index in [2.05, 4.69) is 10.6 Å². The predicted octanol–water partition coefficient (Wildman–Crippen LogP) is 2.76. The van der Waals surface area contributed by atoms with Gasteiger partial charge in [0.05, 0.1) is 17.2 Å². The van der Waals surface area contributed by atoms with E-state index in [1.165, 1.54) is 18.2 Å². The minimum atomic E-state index is -0.687. The molecule has 0 bridgehead atoms. The van der Waals surface area contributed by atoms with Gasteiger partial charge in [-0.15, -0.1) is 0 Å². The van der Waals surface area contributed by atoms with Gasteiger partial charge >= 0.3 is 6.03 Å². The summed E-state index contributed by atoms with van der Waals surface area (Å²) in [6.07, 6.45) is 0.584. The standard InChI is InChI=1S/C12H16ClFN2O2/c1-3-12(2,7-17)16-11(18)15-8-4-5-10(14)9(13)6-8/h4-6,17H,3,7H2,1-2H3,(H2,15,16,18). The van der Waals surface area contributed by atoms with Crippen LogP contribution in [0.4, 0.5) is 14.9 Å². The van der Waals surface area contributed by atoms with Crippen LogP contribution in [0, 0.1) is 5.82 Å². The Bertz CT molecular complexity index is 436. The van der Waals surface area contributed by atoms with E-state index in [9.17, 15) is 9.18 Å². The zero-order valence-corrected chi connectivity index (χ0v) is 11.0. The number of halogens is 2. The average Bonchev–Trinajstić information content (AvgIpc) is 2.33. The van der Waals surface area contributed by atoms with Gasteiger partial charge in [-0.1, -0.05) is 18.5 Å². The minimum absolute atomic E-state index is 0.0618. The summed E-state index contributed by atoms with van der Waals surface area (Å²) in [4.78, 5) is 11.7. The molecule has 1 aromatic carbocycles. The second-order valence-electron chi connectivity index (χ2n) is 4.28. The number of benzene rings is 1. The van der Waals surface area contributed by atoms with Crippen LogP contribution in [0.5, 0.6) is 0 Å². The Morgan fingerprint density at radius 1 is 1.56 bits per heavy atom. The number of rotatable bonds is 4. The molecule has 2 amide bonds. The Morgan fingerprint density at radius 3 is 2.72 bits per heavy atom. The molecule has 1 rings (SSSR count). The van der Waals surface area contributed by atoms with Crippen LogP contribution in [0.1, 0.15) is 20.3 Å². The molecular formula is C12H16ClFN2O2. The van der Waals surface area contributed by atoms with Gasteiger partial charge in [0.15, 0.2) is 0 Å². The largest absolute Gasteiger partial charge is 0.394 e. The summed E-state index contributed by atoms with van der Waals surface area (Å²) < 4.78 is 12.9. The van der Waals surface area contributed by atoms with Crippen LogP contribution >= 0.6 is 11.6 Å². The Morgan fingerprint density at radius 2 is 2.22 bits per heavy atom. The van der Waals surface area contributed by atoms with Gasteiger partial charge in [0, 0.05) is 5.69 Å². The number of carbonyl (C=O) groups excluding carboxylic acids is 1. The SMILES string of the molecule is CCC(C)(CO)NC(=O)Nc1ccc(F)c(Cl)c1. The van der Waals surface area contributed by atoms with E-state index in [1.807, 2.05) is 6.92 Å². The Labute approximate surface area is 110 Å². The number of aliphatic hydroxyl groups excluding tert-OH is 1. The molecule has 0 heterocycles. The van der Waals surface area contributed by atoms with E-state index in [0.717, 1.165) is 0 Å². The molecule has 0 fully saturated rings. The second kappa shape index (κ2) is 6.02. The van der Waals surface area contributed by atoms with Crippen molar-refractivity contribution >= 4 is 23.3 Å². The fourth-order valence-electron chi connectivity index (χ4n) is 1.25. The third-order valence-electron chi connectivity index (χ3n) is 2.72. The van der Waals surface area contributed by atoms with Crippen LogP contribution in [0.15, 0.2) is 18.2 Å². The number of nitrogens with one attached hydrogen (secondary N) is 2. The van der Waals surface area contributed by atoms with Crippen molar-refractivity contribution in [3.8, 4) is 0 Å². The minimum Gasteiger partial charge on any atom is -0.394 e. The molecule has 0 aromatic heterocycles. The Hall–Kier alpha value is -1.33. The second-order valence-corrected chi connectivity index (χ2v) is 4.69. The monoisotopic (exact) mass is 274 g/mol. The number of hydrogen-bond donors (Lipinski definition) is 3. The van der Waals surface area contributed by atoms with Crippen molar-refractivity contribution in [1.29, 1.82) is 0 Å². The van der Waals surface area contributed by atoms with Crippen LogP contribution in [0.3, 0.4) is 0 Å². The van der Waals surface area contributed by atoms with Crippen molar-refractivity contribution in [2.45, 2.75) is 25.8 Å². The van der Waals surface area contributed by atoms with Gasteiger partial charge in [-0.25, -0.2) is 9.18 Å². The van der Waals surface area contributed by atoms with E-state index in [-0.39, 0.29) is 11.6 Å². The van der Waals surface area contributed by atoms with E-state index in [0.29, 0.717) is 12.1 Å². The zero-order chi connectivity index (χ0) is 13.8. The van der Waals surface area contributed by atoms with Gasteiger partial charge in [-0.05, 0) is 31.5 Å². The van der Waals surface area contributed by atoms with Crippen LogP contribution in [0.25, 0.3) is 0 Å². The quantitative estimate of drug-likeness (QED) is 0.791. The fraction of sp³-hybridized carbons (Fsp3) is 0.417. The number of aliphatic hydroxyl groups is 1. The van der Waals surface area contributed by atoms with Crippen molar-refractivity contribution < 1.29 is 14.3 Å². The summed E-state index contributed by atoms with van der Waals surface area (Å²) in [7, 11) is 0. The topological polar surface area (TPSA) is 61.4 Å². The molecular weight excluding hydrogens is 259 g/mol. The highest BCUT2D eigenvalue weighted by Crippen LogP contribution is 2.19. The molecule has 0 aliphatic carbocycles. The van der Waals surface area contributed by atoms with Gasteiger partial charge in [-0.2, -0.15) is 0 Å². The summed E-state index contributed by atoms with van der Waals surface area (Å²) in [6.45, 7) is 3.41. The molecule has 4 nitrogen and oxygen atoms in total. The van der Waals surface area contributed by atoms with E-state index in [1.54, 1.807) is 6.92 Å².